The van der Waals surface area contributed by atoms with E-state index in [2.05, 4.69) is 10.6 Å². The molecule has 1 aliphatic heterocycles. The van der Waals surface area contributed by atoms with Crippen molar-refractivity contribution in [3.05, 3.63) is 24.3 Å². The molecular formula is C19H25N3O5. The lowest BCUT2D eigenvalue weighted by molar-refractivity contribution is -0.143. The summed E-state index contributed by atoms with van der Waals surface area (Å²) in [6, 6.07) is 5.53. The van der Waals surface area contributed by atoms with Gasteiger partial charge in [0.1, 0.15) is 11.8 Å². The van der Waals surface area contributed by atoms with E-state index in [1.807, 2.05) is 0 Å². The highest BCUT2D eigenvalue weighted by Gasteiger charge is 2.45. The smallest absolute Gasteiger partial charge is 0.325 e. The van der Waals surface area contributed by atoms with Crippen LogP contribution in [0, 0.1) is 5.92 Å². The van der Waals surface area contributed by atoms with Crippen molar-refractivity contribution >= 4 is 23.6 Å². The van der Waals surface area contributed by atoms with E-state index in [9.17, 15) is 19.5 Å². The van der Waals surface area contributed by atoms with E-state index < -0.39 is 23.9 Å². The Morgan fingerprint density at radius 2 is 1.89 bits per heavy atom. The van der Waals surface area contributed by atoms with E-state index in [0.717, 1.165) is 25.7 Å². The Morgan fingerprint density at radius 1 is 1.19 bits per heavy atom. The Morgan fingerprint density at radius 3 is 2.56 bits per heavy atom. The number of hydrogen-bond acceptors (Lipinski definition) is 5. The zero-order valence-electron chi connectivity index (χ0n) is 15.3. The number of carboxylic acids is 1. The average molecular weight is 375 g/mol. The number of imide groups is 1. The third kappa shape index (κ3) is 4.57. The van der Waals surface area contributed by atoms with E-state index in [1.54, 1.807) is 36.3 Å². The van der Waals surface area contributed by atoms with Crippen molar-refractivity contribution in [1.82, 2.24) is 10.2 Å². The minimum Gasteiger partial charge on any atom is -0.497 e. The van der Waals surface area contributed by atoms with Gasteiger partial charge in [0.2, 0.25) is 5.91 Å². The minimum atomic E-state index is -0.903. The Bertz CT molecular complexity index is 706. The van der Waals surface area contributed by atoms with Gasteiger partial charge in [0.15, 0.2) is 0 Å². The number of carboxylic acid groups (broad SMARTS) is 1. The summed E-state index contributed by atoms with van der Waals surface area (Å²) in [5, 5.41) is 14.4. The van der Waals surface area contributed by atoms with Crippen LogP contribution >= 0.6 is 0 Å². The first-order valence-electron chi connectivity index (χ1n) is 9.21. The highest BCUT2D eigenvalue weighted by molar-refractivity contribution is 6.01. The molecule has 3 amide bonds. The molecule has 8 heteroatoms. The summed E-state index contributed by atoms with van der Waals surface area (Å²) in [5.74, 6) is -0.424. The van der Waals surface area contributed by atoms with Crippen LogP contribution < -0.4 is 15.4 Å². The Hall–Kier alpha value is -2.61. The van der Waals surface area contributed by atoms with Crippen molar-refractivity contribution in [3.63, 3.8) is 0 Å². The first-order valence-corrected chi connectivity index (χ1v) is 9.21. The second kappa shape index (κ2) is 8.39. The molecule has 1 saturated carbocycles. The summed E-state index contributed by atoms with van der Waals surface area (Å²) in [6.07, 6.45) is 4.64. The highest BCUT2D eigenvalue weighted by atomic mass is 16.5. The first-order chi connectivity index (χ1) is 13.0. The molecule has 0 bridgehead atoms. The molecule has 3 unspecified atom stereocenters. The van der Waals surface area contributed by atoms with E-state index in [-0.39, 0.29) is 12.6 Å². The monoisotopic (exact) mass is 375 g/mol. The third-order valence-corrected chi connectivity index (χ3v) is 5.43. The van der Waals surface area contributed by atoms with Gasteiger partial charge in [-0.05, 0) is 49.4 Å². The number of carbonyl (C=O) groups is 3. The van der Waals surface area contributed by atoms with Gasteiger partial charge in [-0.25, -0.2) is 4.79 Å². The molecule has 0 radical (unpaired) electrons. The number of amides is 3. The van der Waals surface area contributed by atoms with Crippen molar-refractivity contribution in [3.8, 4) is 5.75 Å². The number of methoxy groups -OCH3 is 1. The molecule has 1 aromatic carbocycles. The number of nitrogens with zero attached hydrogens (tertiary/aromatic N) is 1. The van der Waals surface area contributed by atoms with Gasteiger partial charge in [0.25, 0.3) is 0 Å². The summed E-state index contributed by atoms with van der Waals surface area (Å²) < 4.78 is 5.05. The standard InChI is InChI=1S/C19H25N3O5/c1-27-14-8-6-13(7-9-14)20-19(26)21-17(23)11-22-15-5-3-2-4-12(15)10-16(22)18(24)25/h6-9,12,15-16H,2-5,10-11H2,1H3,(H,24,25)(H2,20,21,23,26). The number of fused-ring (bicyclic) bond motifs is 1. The van der Waals surface area contributed by atoms with Gasteiger partial charge in [-0.2, -0.15) is 0 Å². The number of benzene rings is 1. The SMILES string of the molecule is COc1ccc(NC(=O)NC(=O)CN2C(C(=O)O)CC3CCCCC32)cc1. The van der Waals surface area contributed by atoms with E-state index in [1.165, 1.54) is 0 Å². The lowest BCUT2D eigenvalue weighted by atomic mass is 9.85. The molecule has 2 aliphatic rings. The largest absolute Gasteiger partial charge is 0.497 e. The number of nitrogens with one attached hydrogen (secondary N) is 2. The fourth-order valence-electron chi connectivity index (χ4n) is 4.19. The van der Waals surface area contributed by atoms with Crippen LogP contribution in [0.5, 0.6) is 5.75 Å². The van der Waals surface area contributed by atoms with Gasteiger partial charge >= 0.3 is 12.0 Å². The normalized spacial score (nSPS) is 24.7. The maximum atomic E-state index is 12.3. The van der Waals surface area contributed by atoms with Gasteiger partial charge < -0.3 is 15.2 Å². The molecule has 146 valence electrons. The molecule has 1 aliphatic carbocycles. The topological polar surface area (TPSA) is 108 Å². The van der Waals surface area contributed by atoms with Crippen molar-refractivity contribution in [1.29, 1.82) is 0 Å². The van der Waals surface area contributed by atoms with Crippen LogP contribution in [0.25, 0.3) is 0 Å². The van der Waals surface area contributed by atoms with Crippen molar-refractivity contribution < 1.29 is 24.2 Å². The van der Waals surface area contributed by atoms with Crippen LogP contribution in [-0.4, -0.2) is 53.7 Å². The van der Waals surface area contributed by atoms with Gasteiger partial charge in [-0.1, -0.05) is 12.8 Å². The molecule has 2 fully saturated rings. The molecule has 1 heterocycles. The Balaban J connectivity index is 1.56. The maximum absolute atomic E-state index is 12.3. The molecule has 27 heavy (non-hydrogen) atoms. The summed E-state index contributed by atoms with van der Waals surface area (Å²) in [5.41, 5.74) is 0.526. The molecule has 3 N–H and O–H groups in total. The third-order valence-electron chi connectivity index (χ3n) is 5.43. The predicted molar refractivity (Wildman–Crippen MR) is 98.6 cm³/mol. The lowest BCUT2D eigenvalue weighted by Gasteiger charge is -2.32. The van der Waals surface area contributed by atoms with Gasteiger partial charge in [0.05, 0.1) is 13.7 Å². The van der Waals surface area contributed by atoms with E-state index in [0.29, 0.717) is 23.8 Å². The fraction of sp³-hybridized carbons (Fsp3) is 0.526. The number of hydrogen-bond donors (Lipinski definition) is 3. The first kappa shape index (κ1) is 19.2. The number of rotatable bonds is 5. The molecule has 3 rings (SSSR count). The van der Waals surface area contributed by atoms with Crippen molar-refractivity contribution in [2.24, 2.45) is 5.92 Å². The molecule has 1 saturated heterocycles. The molecule has 0 aromatic heterocycles. The fourth-order valence-corrected chi connectivity index (χ4v) is 4.19. The zero-order valence-corrected chi connectivity index (χ0v) is 15.3. The van der Waals surface area contributed by atoms with E-state index >= 15 is 0 Å². The summed E-state index contributed by atoms with van der Waals surface area (Å²) in [6.45, 7) is -0.0891. The molecule has 8 nitrogen and oxygen atoms in total. The summed E-state index contributed by atoms with van der Waals surface area (Å²) >= 11 is 0. The molecule has 0 spiro atoms. The number of aliphatic carboxylic acids is 1. The van der Waals surface area contributed by atoms with Crippen LogP contribution in [-0.2, 0) is 9.59 Å². The van der Waals surface area contributed by atoms with Crippen LogP contribution in [0.3, 0.4) is 0 Å². The second-order valence-corrected chi connectivity index (χ2v) is 7.10. The lowest BCUT2D eigenvalue weighted by Crippen LogP contribution is -2.49. The molecule has 3 atom stereocenters. The molecular weight excluding hydrogens is 350 g/mol. The quantitative estimate of drug-likeness (QED) is 0.727. The van der Waals surface area contributed by atoms with E-state index in [4.69, 9.17) is 4.74 Å². The predicted octanol–water partition coefficient (Wildman–Crippen LogP) is 2.06. The highest BCUT2D eigenvalue weighted by Crippen LogP contribution is 2.39. The zero-order chi connectivity index (χ0) is 19.4. The van der Waals surface area contributed by atoms with Crippen LogP contribution in [0.1, 0.15) is 32.1 Å². The number of urea groups is 1. The van der Waals surface area contributed by atoms with Crippen LogP contribution in [0.4, 0.5) is 10.5 Å². The van der Waals surface area contributed by atoms with Gasteiger partial charge in [-0.15, -0.1) is 0 Å². The number of carbonyl (C=O) groups excluding carboxylic acids is 2. The number of anilines is 1. The average Bonchev–Trinajstić information content (AvgIpc) is 3.01. The Kier molecular flexibility index (Phi) is 5.95. The van der Waals surface area contributed by atoms with Gasteiger partial charge in [-0.3, -0.25) is 19.8 Å². The number of likely N-dealkylation sites (tertiary alicyclic amines) is 1. The minimum absolute atomic E-state index is 0.0891. The second-order valence-electron chi connectivity index (χ2n) is 7.10. The maximum Gasteiger partial charge on any atom is 0.325 e. The van der Waals surface area contributed by atoms with Crippen LogP contribution in [0.15, 0.2) is 24.3 Å². The summed E-state index contributed by atoms with van der Waals surface area (Å²) in [7, 11) is 1.55. The number of ether oxygens (including phenoxy) is 1. The van der Waals surface area contributed by atoms with Crippen molar-refractivity contribution in [2.45, 2.75) is 44.2 Å². The Labute approximate surface area is 157 Å². The van der Waals surface area contributed by atoms with Crippen molar-refractivity contribution in [2.75, 3.05) is 19.0 Å². The van der Waals surface area contributed by atoms with Crippen LogP contribution in [0.2, 0.25) is 0 Å². The summed E-state index contributed by atoms with van der Waals surface area (Å²) in [4.78, 5) is 37.7. The van der Waals surface area contributed by atoms with Gasteiger partial charge in [0, 0.05) is 11.7 Å². The molecule has 1 aromatic rings.